The minimum atomic E-state index is -4.37. The Balaban J connectivity index is 2.15. The van der Waals surface area contributed by atoms with Crippen molar-refractivity contribution >= 4 is 23.4 Å². The zero-order chi connectivity index (χ0) is 15.5. The van der Waals surface area contributed by atoms with Crippen LogP contribution in [0.1, 0.15) is 11.1 Å². The number of nitrogens with zero attached hydrogens (tertiary/aromatic N) is 1. The fourth-order valence-corrected chi connectivity index (χ4v) is 2.74. The van der Waals surface area contributed by atoms with Crippen molar-refractivity contribution in [2.24, 2.45) is 0 Å². The topological polar surface area (TPSA) is 24.9 Å². The van der Waals surface area contributed by atoms with Gasteiger partial charge in [-0.3, -0.25) is 0 Å². The minimum absolute atomic E-state index is 0.464. The summed E-state index contributed by atoms with van der Waals surface area (Å²) in [4.78, 5) is 4.57. The van der Waals surface area contributed by atoms with Gasteiger partial charge in [-0.1, -0.05) is 29.4 Å². The van der Waals surface area contributed by atoms with E-state index in [0.717, 1.165) is 22.7 Å². The minimum Gasteiger partial charge on any atom is -0.316 e. The number of pyridine rings is 1. The van der Waals surface area contributed by atoms with Gasteiger partial charge in [0.15, 0.2) is 0 Å². The third kappa shape index (κ3) is 4.36. The number of hydrogen-bond donors (Lipinski definition) is 1. The molecular weight excluding hydrogens is 321 g/mol. The van der Waals surface area contributed by atoms with Crippen LogP contribution in [0.3, 0.4) is 0 Å². The molecule has 0 atom stereocenters. The van der Waals surface area contributed by atoms with E-state index in [1.165, 1.54) is 17.8 Å². The third-order valence-electron chi connectivity index (χ3n) is 2.66. The zero-order valence-electron chi connectivity index (χ0n) is 11.0. The first-order valence-corrected chi connectivity index (χ1v) is 7.23. The summed E-state index contributed by atoms with van der Waals surface area (Å²) in [6, 6.07) is 7.92. The van der Waals surface area contributed by atoms with Crippen LogP contribution < -0.4 is 5.32 Å². The SMILES string of the molecule is CNCc1ccc(Sc2ccc(C(F)(F)F)cn2)c(Cl)c1. The first-order valence-electron chi connectivity index (χ1n) is 6.04. The summed E-state index contributed by atoms with van der Waals surface area (Å²) in [6.07, 6.45) is -3.55. The highest BCUT2D eigenvalue weighted by Gasteiger charge is 2.30. The number of alkyl halides is 3. The molecule has 0 spiro atoms. The lowest BCUT2D eigenvalue weighted by Gasteiger charge is -2.08. The molecule has 0 radical (unpaired) electrons. The zero-order valence-corrected chi connectivity index (χ0v) is 12.6. The van der Waals surface area contributed by atoms with E-state index in [4.69, 9.17) is 11.6 Å². The van der Waals surface area contributed by atoms with Crippen LogP contribution in [0.15, 0.2) is 46.5 Å². The monoisotopic (exact) mass is 332 g/mol. The summed E-state index contributed by atoms with van der Waals surface area (Å²) in [5.41, 5.74) is 0.273. The maximum Gasteiger partial charge on any atom is 0.417 e. The maximum atomic E-state index is 12.5. The highest BCUT2D eigenvalue weighted by Crippen LogP contribution is 2.34. The van der Waals surface area contributed by atoms with Crippen LogP contribution in [0.5, 0.6) is 0 Å². The fourth-order valence-electron chi connectivity index (χ4n) is 1.66. The van der Waals surface area contributed by atoms with Crippen molar-refractivity contribution in [2.45, 2.75) is 22.6 Å². The molecule has 7 heteroatoms. The second-order valence-electron chi connectivity index (χ2n) is 4.28. The summed E-state index contributed by atoms with van der Waals surface area (Å²) >= 11 is 7.39. The van der Waals surface area contributed by atoms with Gasteiger partial charge in [-0.05, 0) is 36.9 Å². The molecule has 1 N–H and O–H groups in total. The molecule has 0 aliphatic rings. The molecule has 0 aliphatic carbocycles. The molecule has 2 rings (SSSR count). The van der Waals surface area contributed by atoms with E-state index in [1.807, 2.05) is 25.2 Å². The van der Waals surface area contributed by atoms with Gasteiger partial charge in [-0.25, -0.2) is 4.98 Å². The molecule has 2 aromatic rings. The summed E-state index contributed by atoms with van der Waals surface area (Å²) < 4.78 is 37.4. The van der Waals surface area contributed by atoms with Gasteiger partial charge in [0.1, 0.15) is 5.03 Å². The van der Waals surface area contributed by atoms with E-state index in [0.29, 0.717) is 16.6 Å². The Labute approximate surface area is 129 Å². The molecule has 0 saturated heterocycles. The third-order valence-corrected chi connectivity index (χ3v) is 4.11. The van der Waals surface area contributed by atoms with Gasteiger partial charge in [0.2, 0.25) is 0 Å². The van der Waals surface area contributed by atoms with Crippen molar-refractivity contribution in [1.29, 1.82) is 0 Å². The fraction of sp³-hybridized carbons (Fsp3) is 0.214. The van der Waals surface area contributed by atoms with Crippen molar-refractivity contribution in [1.82, 2.24) is 10.3 Å². The second-order valence-corrected chi connectivity index (χ2v) is 5.75. The molecule has 1 heterocycles. The molecular formula is C14H12ClF3N2S. The van der Waals surface area contributed by atoms with Gasteiger partial charge >= 0.3 is 6.18 Å². The molecule has 0 saturated carbocycles. The molecule has 112 valence electrons. The van der Waals surface area contributed by atoms with Crippen molar-refractivity contribution in [3.63, 3.8) is 0 Å². The summed E-state index contributed by atoms with van der Waals surface area (Å²) in [5, 5.41) is 4.03. The van der Waals surface area contributed by atoms with Gasteiger partial charge in [0, 0.05) is 17.6 Å². The normalized spacial score (nSPS) is 11.7. The Kier molecular flexibility index (Phi) is 5.13. The van der Waals surface area contributed by atoms with E-state index in [2.05, 4.69) is 10.3 Å². The van der Waals surface area contributed by atoms with Gasteiger partial charge in [0.25, 0.3) is 0 Å². The molecule has 2 nitrogen and oxygen atoms in total. The van der Waals surface area contributed by atoms with Crippen LogP contribution in [-0.2, 0) is 12.7 Å². The van der Waals surface area contributed by atoms with Crippen LogP contribution in [0.2, 0.25) is 5.02 Å². The van der Waals surface area contributed by atoms with E-state index in [1.54, 1.807) is 0 Å². The first kappa shape index (κ1) is 16.1. The van der Waals surface area contributed by atoms with Gasteiger partial charge in [-0.15, -0.1) is 0 Å². The summed E-state index contributed by atoms with van der Waals surface area (Å²) in [5.74, 6) is 0. The van der Waals surface area contributed by atoms with E-state index >= 15 is 0 Å². The number of halogens is 4. The van der Waals surface area contributed by atoms with Gasteiger partial charge in [0.05, 0.1) is 10.6 Å². The Bertz CT molecular complexity index is 615. The van der Waals surface area contributed by atoms with Gasteiger partial charge < -0.3 is 5.32 Å². The quantitative estimate of drug-likeness (QED) is 0.884. The van der Waals surface area contributed by atoms with E-state index in [9.17, 15) is 13.2 Å². The van der Waals surface area contributed by atoms with Gasteiger partial charge in [-0.2, -0.15) is 13.2 Å². The Hall–Kier alpha value is -1.24. The molecule has 0 aliphatic heterocycles. The molecule has 0 fully saturated rings. The largest absolute Gasteiger partial charge is 0.417 e. The second kappa shape index (κ2) is 6.68. The lowest BCUT2D eigenvalue weighted by atomic mass is 10.2. The highest BCUT2D eigenvalue weighted by atomic mass is 35.5. The Morgan fingerprint density at radius 2 is 2.00 bits per heavy atom. The predicted octanol–water partition coefficient (Wildman–Crippen LogP) is 4.62. The van der Waals surface area contributed by atoms with Crippen molar-refractivity contribution in [2.75, 3.05) is 7.05 Å². The van der Waals surface area contributed by atoms with Crippen molar-refractivity contribution < 1.29 is 13.2 Å². The Morgan fingerprint density at radius 3 is 2.52 bits per heavy atom. The predicted molar refractivity (Wildman–Crippen MR) is 77.6 cm³/mol. The maximum absolute atomic E-state index is 12.5. The number of nitrogens with one attached hydrogen (secondary N) is 1. The first-order chi connectivity index (χ1) is 9.90. The molecule has 0 amide bonds. The molecule has 0 unspecified atom stereocenters. The van der Waals surface area contributed by atoms with E-state index in [-0.39, 0.29) is 0 Å². The van der Waals surface area contributed by atoms with Crippen LogP contribution in [0, 0.1) is 0 Å². The highest BCUT2D eigenvalue weighted by molar-refractivity contribution is 7.99. The van der Waals surface area contributed by atoms with E-state index < -0.39 is 11.7 Å². The smallest absolute Gasteiger partial charge is 0.316 e. The Morgan fingerprint density at radius 1 is 1.24 bits per heavy atom. The number of rotatable bonds is 4. The number of aromatic nitrogens is 1. The van der Waals surface area contributed by atoms with Crippen molar-refractivity contribution in [3.8, 4) is 0 Å². The molecule has 21 heavy (non-hydrogen) atoms. The average Bonchev–Trinajstić information content (AvgIpc) is 2.42. The van der Waals surface area contributed by atoms with Crippen LogP contribution in [0.25, 0.3) is 0 Å². The van der Waals surface area contributed by atoms with Crippen molar-refractivity contribution in [3.05, 3.63) is 52.7 Å². The number of hydrogen-bond acceptors (Lipinski definition) is 3. The standard InChI is InChI=1S/C14H12ClF3N2S/c1-19-7-9-2-4-12(11(15)6-9)21-13-5-3-10(8-20-13)14(16,17)18/h2-6,8,19H,7H2,1H3. The molecule has 1 aromatic heterocycles. The lowest BCUT2D eigenvalue weighted by Crippen LogP contribution is -2.05. The van der Waals surface area contributed by atoms with Crippen LogP contribution >= 0.6 is 23.4 Å². The molecule has 1 aromatic carbocycles. The van der Waals surface area contributed by atoms with Crippen LogP contribution in [0.4, 0.5) is 13.2 Å². The lowest BCUT2D eigenvalue weighted by molar-refractivity contribution is -0.137. The summed E-state index contributed by atoms with van der Waals surface area (Å²) in [6.45, 7) is 0.698. The summed E-state index contributed by atoms with van der Waals surface area (Å²) in [7, 11) is 1.84. The molecule has 0 bridgehead atoms. The van der Waals surface area contributed by atoms with Crippen LogP contribution in [-0.4, -0.2) is 12.0 Å². The average molecular weight is 333 g/mol. The number of benzene rings is 1.